The van der Waals surface area contributed by atoms with Crippen LogP contribution in [0.5, 0.6) is 5.75 Å². The Kier molecular flexibility index (Phi) is 6.81. The van der Waals surface area contributed by atoms with E-state index in [-0.39, 0.29) is 40.8 Å². The number of anilines is 3. The highest BCUT2D eigenvalue weighted by molar-refractivity contribution is 9.10. The molecule has 2 heterocycles. The average Bonchev–Trinajstić information content (AvgIpc) is 3.34. The minimum Gasteiger partial charge on any atom is -0.508 e. The molecule has 0 radical (unpaired) electrons. The fourth-order valence-electron chi connectivity index (χ4n) is 3.88. The van der Waals surface area contributed by atoms with E-state index in [1.807, 2.05) is 19.1 Å². The standard InChI is InChI=1S/C26H20BrN5O4S/c1-14-2-11-20-19(12-14)23(24(35)29-20)30-31-26-32(17-7-9-18(33)10-8-17)25(36)21(37-26)13-22(34)28-16-5-3-15(27)4-6-16/h2-12,21,33H,13H2,1H3,(H,28,34)(H,29,30,35)/b31-26+. The number of aromatic hydroxyl groups is 1. The normalized spacial score (nSPS) is 18.9. The minimum absolute atomic E-state index is 0.0433. The second-order valence-corrected chi connectivity index (χ2v) is 10.5. The van der Waals surface area contributed by atoms with Gasteiger partial charge in [-0.15, -0.1) is 10.2 Å². The van der Waals surface area contributed by atoms with Gasteiger partial charge in [0.25, 0.3) is 5.91 Å². The zero-order valence-corrected chi connectivity index (χ0v) is 21.8. The molecule has 0 saturated carbocycles. The first-order valence-corrected chi connectivity index (χ1v) is 12.9. The molecule has 9 nitrogen and oxygen atoms in total. The fourth-order valence-corrected chi connectivity index (χ4v) is 5.23. The van der Waals surface area contributed by atoms with E-state index in [0.717, 1.165) is 21.8 Å². The summed E-state index contributed by atoms with van der Waals surface area (Å²) in [5.41, 5.74) is 3.44. The van der Waals surface area contributed by atoms with Gasteiger partial charge in [-0.1, -0.05) is 39.3 Å². The Morgan fingerprint density at radius 1 is 1.08 bits per heavy atom. The van der Waals surface area contributed by atoms with Crippen LogP contribution in [0.15, 0.2) is 81.4 Å². The quantitative estimate of drug-likeness (QED) is 0.381. The topological polar surface area (TPSA) is 123 Å². The van der Waals surface area contributed by atoms with Crippen molar-refractivity contribution in [2.24, 2.45) is 10.2 Å². The Bertz CT molecular complexity index is 1470. The summed E-state index contributed by atoms with van der Waals surface area (Å²) in [7, 11) is 0. The van der Waals surface area contributed by atoms with E-state index in [1.54, 1.807) is 42.5 Å². The fraction of sp³-hybridized carbons (Fsp3) is 0.115. The van der Waals surface area contributed by atoms with E-state index < -0.39 is 5.25 Å². The molecular formula is C26H20BrN5O4S. The number of thioether (sulfide) groups is 1. The number of nitrogens with one attached hydrogen (secondary N) is 2. The smallest absolute Gasteiger partial charge is 0.276 e. The molecule has 11 heteroatoms. The molecule has 1 unspecified atom stereocenters. The van der Waals surface area contributed by atoms with Crippen LogP contribution in [0, 0.1) is 6.92 Å². The lowest BCUT2D eigenvalue weighted by Gasteiger charge is -2.16. The monoisotopic (exact) mass is 577 g/mol. The van der Waals surface area contributed by atoms with Gasteiger partial charge in [-0.2, -0.15) is 0 Å². The number of rotatable bonds is 5. The molecule has 3 aromatic rings. The van der Waals surface area contributed by atoms with Gasteiger partial charge in [0.15, 0.2) is 10.9 Å². The van der Waals surface area contributed by atoms with Crippen molar-refractivity contribution in [3.8, 4) is 5.75 Å². The second kappa shape index (κ2) is 10.2. The first-order valence-electron chi connectivity index (χ1n) is 11.2. The van der Waals surface area contributed by atoms with Crippen molar-refractivity contribution >= 4 is 73.4 Å². The summed E-state index contributed by atoms with van der Waals surface area (Å²) in [5.74, 6) is -1.03. The Morgan fingerprint density at radius 2 is 1.81 bits per heavy atom. The Balaban J connectivity index is 1.43. The number of fused-ring (bicyclic) bond motifs is 1. The van der Waals surface area contributed by atoms with Crippen molar-refractivity contribution in [2.45, 2.75) is 18.6 Å². The number of hydrogen-bond donors (Lipinski definition) is 3. The molecule has 0 bridgehead atoms. The Labute approximate surface area is 224 Å². The molecular weight excluding hydrogens is 558 g/mol. The van der Waals surface area contributed by atoms with E-state index >= 15 is 0 Å². The van der Waals surface area contributed by atoms with Gasteiger partial charge in [-0.3, -0.25) is 19.3 Å². The number of amides is 3. The molecule has 3 amide bonds. The number of phenols is 1. The molecule has 0 aliphatic carbocycles. The molecule has 37 heavy (non-hydrogen) atoms. The maximum absolute atomic E-state index is 13.4. The number of carbonyl (C=O) groups is 3. The van der Waals surface area contributed by atoms with Gasteiger partial charge in [0.1, 0.15) is 11.0 Å². The Morgan fingerprint density at radius 3 is 2.54 bits per heavy atom. The van der Waals surface area contributed by atoms with E-state index in [4.69, 9.17) is 0 Å². The first kappa shape index (κ1) is 24.7. The largest absolute Gasteiger partial charge is 0.508 e. The third kappa shape index (κ3) is 5.27. The van der Waals surface area contributed by atoms with Gasteiger partial charge in [0, 0.05) is 22.1 Å². The van der Waals surface area contributed by atoms with Gasteiger partial charge in [0.2, 0.25) is 11.8 Å². The summed E-state index contributed by atoms with van der Waals surface area (Å²) in [6.45, 7) is 1.91. The number of phenolic OH excluding ortho intramolecular Hbond substituents is 1. The molecule has 1 fully saturated rings. The Hall–Kier alpha value is -3.96. The highest BCUT2D eigenvalue weighted by atomic mass is 79.9. The third-order valence-electron chi connectivity index (χ3n) is 5.67. The van der Waals surface area contributed by atoms with Crippen LogP contribution in [0.1, 0.15) is 17.5 Å². The number of nitrogens with zero attached hydrogens (tertiary/aromatic N) is 3. The number of halogens is 1. The summed E-state index contributed by atoms with van der Waals surface area (Å²) < 4.78 is 0.882. The van der Waals surface area contributed by atoms with Crippen LogP contribution >= 0.6 is 27.7 Å². The van der Waals surface area contributed by atoms with Crippen LogP contribution in [0.3, 0.4) is 0 Å². The van der Waals surface area contributed by atoms with Crippen molar-refractivity contribution < 1.29 is 19.5 Å². The number of hydrogen-bond acceptors (Lipinski definition) is 7. The lowest BCUT2D eigenvalue weighted by atomic mass is 10.1. The molecule has 1 atom stereocenters. The number of benzene rings is 3. The van der Waals surface area contributed by atoms with Crippen molar-refractivity contribution in [3.63, 3.8) is 0 Å². The van der Waals surface area contributed by atoms with Crippen LogP contribution in [0.25, 0.3) is 0 Å². The van der Waals surface area contributed by atoms with Gasteiger partial charge in [-0.25, -0.2) is 0 Å². The molecule has 186 valence electrons. The molecule has 2 aliphatic heterocycles. The number of aryl methyl sites for hydroxylation is 1. The van der Waals surface area contributed by atoms with Gasteiger partial charge in [-0.05, 0) is 67.6 Å². The van der Waals surface area contributed by atoms with Crippen molar-refractivity contribution in [1.82, 2.24) is 0 Å². The highest BCUT2D eigenvalue weighted by Gasteiger charge is 2.40. The lowest BCUT2D eigenvalue weighted by Crippen LogP contribution is -2.33. The molecule has 5 rings (SSSR count). The molecule has 3 N–H and O–H groups in total. The maximum Gasteiger partial charge on any atom is 0.276 e. The number of carbonyl (C=O) groups excluding carboxylic acids is 3. The molecule has 3 aromatic carbocycles. The SMILES string of the molecule is Cc1ccc2c(c1)/C(=N/N=C1/SC(CC(=O)Nc3ccc(Br)cc3)C(=O)N1c1ccc(O)cc1)C(=O)N2. The highest BCUT2D eigenvalue weighted by Crippen LogP contribution is 2.35. The summed E-state index contributed by atoms with van der Waals surface area (Å²) in [6, 6.07) is 18.7. The van der Waals surface area contributed by atoms with Crippen molar-refractivity contribution in [2.75, 3.05) is 15.5 Å². The third-order valence-corrected chi connectivity index (χ3v) is 7.33. The zero-order valence-electron chi connectivity index (χ0n) is 19.4. The van der Waals surface area contributed by atoms with E-state index in [2.05, 4.69) is 36.8 Å². The van der Waals surface area contributed by atoms with Crippen LogP contribution in [-0.4, -0.2) is 39.0 Å². The number of amidine groups is 1. The lowest BCUT2D eigenvalue weighted by molar-refractivity contribution is -0.121. The van der Waals surface area contributed by atoms with E-state index in [0.29, 0.717) is 22.6 Å². The summed E-state index contributed by atoms with van der Waals surface area (Å²) in [5, 5.41) is 23.2. The molecule has 2 aliphatic rings. The summed E-state index contributed by atoms with van der Waals surface area (Å²) >= 11 is 4.45. The van der Waals surface area contributed by atoms with Crippen LogP contribution in [-0.2, 0) is 14.4 Å². The van der Waals surface area contributed by atoms with E-state index in [9.17, 15) is 19.5 Å². The second-order valence-electron chi connectivity index (χ2n) is 8.39. The molecule has 0 spiro atoms. The average molecular weight is 578 g/mol. The van der Waals surface area contributed by atoms with Crippen molar-refractivity contribution in [3.05, 3.63) is 82.3 Å². The molecule has 1 saturated heterocycles. The predicted octanol–water partition coefficient (Wildman–Crippen LogP) is 4.65. The molecule has 0 aromatic heterocycles. The van der Waals surface area contributed by atoms with Crippen LogP contribution in [0.4, 0.5) is 17.1 Å². The maximum atomic E-state index is 13.4. The predicted molar refractivity (Wildman–Crippen MR) is 148 cm³/mol. The van der Waals surface area contributed by atoms with Crippen LogP contribution < -0.4 is 15.5 Å². The minimum atomic E-state index is -0.755. The zero-order chi connectivity index (χ0) is 26.1. The van der Waals surface area contributed by atoms with E-state index in [1.165, 1.54) is 17.0 Å². The summed E-state index contributed by atoms with van der Waals surface area (Å²) in [6.07, 6.45) is -0.0910. The van der Waals surface area contributed by atoms with Gasteiger partial charge < -0.3 is 15.7 Å². The van der Waals surface area contributed by atoms with Crippen LogP contribution in [0.2, 0.25) is 0 Å². The van der Waals surface area contributed by atoms with Gasteiger partial charge in [0.05, 0.1) is 11.4 Å². The summed E-state index contributed by atoms with van der Waals surface area (Å²) in [4.78, 5) is 40.0. The van der Waals surface area contributed by atoms with Crippen molar-refractivity contribution in [1.29, 1.82) is 0 Å². The van der Waals surface area contributed by atoms with Gasteiger partial charge >= 0.3 is 0 Å². The first-order chi connectivity index (χ1) is 17.8.